The summed E-state index contributed by atoms with van der Waals surface area (Å²) < 4.78 is 6.15. The minimum Gasteiger partial charge on any atom is -0.362 e. The van der Waals surface area contributed by atoms with Crippen LogP contribution in [0.1, 0.15) is 5.56 Å². The maximum atomic E-state index is 11.5. The van der Waals surface area contributed by atoms with Crippen molar-refractivity contribution in [2.45, 2.75) is 0 Å². The minimum absolute atomic E-state index is 0.0725. The van der Waals surface area contributed by atoms with Gasteiger partial charge in [0.05, 0.1) is 0 Å². The molecule has 1 aliphatic heterocycles. The monoisotopic (exact) mass is 220 g/mol. The summed E-state index contributed by atoms with van der Waals surface area (Å²) in [5, 5.41) is 12.8. The molecule has 2 amide bonds. The number of morpholine rings is 1. The van der Waals surface area contributed by atoms with Gasteiger partial charge in [-0.25, -0.2) is 4.90 Å². The summed E-state index contributed by atoms with van der Waals surface area (Å²) in [7, 11) is 1.61. The topological polar surface area (TPSA) is 88.2 Å². The van der Waals surface area contributed by atoms with E-state index in [0.29, 0.717) is 0 Å². The van der Waals surface area contributed by atoms with Crippen LogP contribution in [0.3, 0.4) is 0 Å². The Morgan fingerprint density at radius 2 is 2.06 bits per heavy atom. The number of carbonyl (C=O) groups excluding carboxylic acids is 2. The van der Waals surface area contributed by atoms with Crippen molar-refractivity contribution in [2.75, 3.05) is 18.1 Å². The van der Waals surface area contributed by atoms with E-state index in [4.69, 9.17) is 10.00 Å². The number of aryl methyl sites for hydroxylation is 1. The average molecular weight is 220 g/mol. The number of amides is 2. The molecule has 1 aromatic rings. The van der Waals surface area contributed by atoms with Crippen LogP contribution in [0, 0.1) is 11.3 Å². The summed E-state index contributed by atoms with van der Waals surface area (Å²) >= 11 is 0. The fourth-order valence-electron chi connectivity index (χ4n) is 1.45. The molecule has 1 aromatic heterocycles. The Kier molecular flexibility index (Phi) is 2.42. The highest BCUT2D eigenvalue weighted by Gasteiger charge is 2.31. The van der Waals surface area contributed by atoms with Gasteiger partial charge in [-0.2, -0.15) is 10.4 Å². The van der Waals surface area contributed by atoms with Crippen molar-refractivity contribution in [1.29, 1.82) is 5.26 Å². The highest BCUT2D eigenvalue weighted by molar-refractivity contribution is 6.16. The van der Waals surface area contributed by atoms with Crippen molar-refractivity contribution >= 4 is 17.6 Å². The lowest BCUT2D eigenvalue weighted by Crippen LogP contribution is -2.46. The molecule has 16 heavy (non-hydrogen) atoms. The quantitative estimate of drug-likeness (QED) is 0.577. The molecule has 0 bridgehead atoms. The number of carbonyl (C=O) groups is 2. The van der Waals surface area contributed by atoms with E-state index in [0.717, 1.165) is 4.90 Å². The molecule has 0 spiro atoms. The molecule has 2 heterocycles. The van der Waals surface area contributed by atoms with Gasteiger partial charge in [-0.1, -0.05) is 0 Å². The van der Waals surface area contributed by atoms with E-state index < -0.39 is 11.8 Å². The lowest BCUT2D eigenvalue weighted by molar-refractivity contribution is -0.138. The Hall–Kier alpha value is -2.20. The summed E-state index contributed by atoms with van der Waals surface area (Å²) in [6.45, 7) is -0.347. The molecule has 1 saturated heterocycles. The van der Waals surface area contributed by atoms with Gasteiger partial charge < -0.3 is 4.74 Å². The third kappa shape index (κ3) is 1.55. The van der Waals surface area contributed by atoms with Crippen molar-refractivity contribution in [3.05, 3.63) is 11.8 Å². The normalized spacial score (nSPS) is 16.4. The maximum Gasteiger partial charge on any atom is 0.261 e. The number of nitrogens with zero attached hydrogens (tertiary/aromatic N) is 4. The number of imide groups is 1. The molecule has 2 rings (SSSR count). The SMILES string of the molecule is Cn1cc(C#N)c(N2C(=O)COCC2=O)n1. The van der Waals surface area contributed by atoms with Gasteiger partial charge in [0.15, 0.2) is 5.82 Å². The predicted molar refractivity (Wildman–Crippen MR) is 51.2 cm³/mol. The predicted octanol–water partition coefficient (Wildman–Crippen LogP) is -0.818. The number of ether oxygens (including phenoxy) is 1. The van der Waals surface area contributed by atoms with Crippen molar-refractivity contribution in [2.24, 2.45) is 7.05 Å². The third-order valence-corrected chi connectivity index (χ3v) is 2.09. The van der Waals surface area contributed by atoms with Gasteiger partial charge in [0, 0.05) is 13.2 Å². The molecular formula is C9H8N4O3. The van der Waals surface area contributed by atoms with Gasteiger partial charge in [-0.3, -0.25) is 14.3 Å². The van der Waals surface area contributed by atoms with Crippen molar-refractivity contribution in [1.82, 2.24) is 9.78 Å². The highest BCUT2D eigenvalue weighted by Crippen LogP contribution is 2.19. The van der Waals surface area contributed by atoms with Crippen molar-refractivity contribution in [3.63, 3.8) is 0 Å². The Balaban J connectivity index is 2.46. The maximum absolute atomic E-state index is 11.5. The molecule has 0 unspecified atom stereocenters. The van der Waals surface area contributed by atoms with E-state index in [9.17, 15) is 9.59 Å². The second kappa shape index (κ2) is 3.75. The Morgan fingerprint density at radius 1 is 1.44 bits per heavy atom. The van der Waals surface area contributed by atoms with Crippen LogP contribution < -0.4 is 4.90 Å². The summed E-state index contributed by atoms with van der Waals surface area (Å²) in [5.74, 6) is -0.943. The molecule has 7 heteroatoms. The molecule has 0 atom stereocenters. The molecule has 1 fully saturated rings. The van der Waals surface area contributed by atoms with Crippen LogP contribution in [0.15, 0.2) is 6.20 Å². The molecule has 82 valence electrons. The van der Waals surface area contributed by atoms with Crippen LogP contribution in [-0.4, -0.2) is 34.8 Å². The first-order valence-electron chi connectivity index (χ1n) is 4.50. The molecule has 0 N–H and O–H groups in total. The van der Waals surface area contributed by atoms with E-state index in [-0.39, 0.29) is 24.6 Å². The van der Waals surface area contributed by atoms with Crippen molar-refractivity contribution in [3.8, 4) is 6.07 Å². The number of nitriles is 1. The summed E-state index contributed by atoms with van der Waals surface area (Å²) in [6.07, 6.45) is 1.45. The van der Waals surface area contributed by atoms with E-state index in [1.807, 2.05) is 6.07 Å². The summed E-state index contributed by atoms with van der Waals surface area (Å²) in [6, 6.07) is 1.88. The van der Waals surface area contributed by atoms with Gasteiger partial charge in [0.25, 0.3) is 11.8 Å². The summed E-state index contributed by atoms with van der Waals surface area (Å²) in [4.78, 5) is 23.9. The molecule has 7 nitrogen and oxygen atoms in total. The fraction of sp³-hybridized carbons (Fsp3) is 0.333. The molecule has 1 aliphatic rings. The number of rotatable bonds is 1. The molecule has 0 saturated carbocycles. The highest BCUT2D eigenvalue weighted by atomic mass is 16.5. The number of hydrogen-bond donors (Lipinski definition) is 0. The molecular weight excluding hydrogens is 212 g/mol. The largest absolute Gasteiger partial charge is 0.362 e. The van der Waals surface area contributed by atoms with Gasteiger partial charge in [0.2, 0.25) is 0 Å². The standard InChI is InChI=1S/C9H8N4O3/c1-12-3-6(2-10)9(11-12)13-7(14)4-16-5-8(13)15/h3H,4-5H2,1H3. The number of hydrogen-bond acceptors (Lipinski definition) is 5. The van der Waals surface area contributed by atoms with Gasteiger partial charge in [-0.15, -0.1) is 0 Å². The van der Waals surface area contributed by atoms with Crippen LogP contribution in [0.25, 0.3) is 0 Å². The number of aromatic nitrogens is 2. The molecule has 0 aromatic carbocycles. The summed E-state index contributed by atoms with van der Waals surface area (Å²) in [5.41, 5.74) is 0.186. The lowest BCUT2D eigenvalue weighted by Gasteiger charge is -2.22. The van der Waals surface area contributed by atoms with Crippen LogP contribution in [-0.2, 0) is 21.4 Å². The third-order valence-electron chi connectivity index (χ3n) is 2.09. The first-order chi connectivity index (χ1) is 7.63. The van der Waals surface area contributed by atoms with Crippen LogP contribution >= 0.6 is 0 Å². The van der Waals surface area contributed by atoms with Gasteiger partial charge in [-0.05, 0) is 0 Å². The van der Waals surface area contributed by atoms with E-state index in [1.165, 1.54) is 10.9 Å². The average Bonchev–Trinajstić information content (AvgIpc) is 2.59. The molecule has 0 aliphatic carbocycles. The number of anilines is 1. The van der Waals surface area contributed by atoms with Crippen LogP contribution in [0.5, 0.6) is 0 Å². The van der Waals surface area contributed by atoms with E-state index >= 15 is 0 Å². The van der Waals surface area contributed by atoms with Crippen molar-refractivity contribution < 1.29 is 14.3 Å². The second-order valence-corrected chi connectivity index (χ2v) is 3.27. The lowest BCUT2D eigenvalue weighted by atomic mass is 10.3. The van der Waals surface area contributed by atoms with Gasteiger partial charge >= 0.3 is 0 Å². The van der Waals surface area contributed by atoms with E-state index in [2.05, 4.69) is 5.10 Å². The fourth-order valence-corrected chi connectivity index (χ4v) is 1.45. The minimum atomic E-state index is -0.508. The zero-order chi connectivity index (χ0) is 11.7. The zero-order valence-corrected chi connectivity index (χ0v) is 8.51. The Morgan fingerprint density at radius 3 is 2.62 bits per heavy atom. The van der Waals surface area contributed by atoms with Crippen LogP contribution in [0.2, 0.25) is 0 Å². The van der Waals surface area contributed by atoms with E-state index in [1.54, 1.807) is 7.05 Å². The first-order valence-corrected chi connectivity index (χ1v) is 4.50. The first kappa shape index (κ1) is 10.3. The Labute approximate surface area is 90.8 Å². The smallest absolute Gasteiger partial charge is 0.261 e. The zero-order valence-electron chi connectivity index (χ0n) is 8.51. The second-order valence-electron chi connectivity index (χ2n) is 3.27. The molecule has 0 radical (unpaired) electrons. The van der Waals surface area contributed by atoms with Crippen LogP contribution in [0.4, 0.5) is 5.82 Å². The Bertz CT molecular complexity index is 483. The van der Waals surface area contributed by atoms with Gasteiger partial charge in [0.1, 0.15) is 24.8 Å².